The summed E-state index contributed by atoms with van der Waals surface area (Å²) in [6.45, 7) is 1.41. The number of hydrogen-bond donors (Lipinski definition) is 3. The van der Waals surface area contributed by atoms with Crippen LogP contribution < -0.4 is 5.32 Å². The van der Waals surface area contributed by atoms with Gasteiger partial charge in [0.25, 0.3) is 0 Å². The minimum Gasteiger partial charge on any atom is -0.508 e. The van der Waals surface area contributed by atoms with Crippen LogP contribution in [0.15, 0.2) is 42.5 Å². The molecule has 0 saturated heterocycles. The summed E-state index contributed by atoms with van der Waals surface area (Å²) in [5.74, 6) is 0.920. The number of nitrogens with one attached hydrogen (secondary N) is 1. The van der Waals surface area contributed by atoms with Gasteiger partial charge in [-0.1, -0.05) is 29.8 Å². The number of hydrogen-bond acceptors (Lipinski definition) is 3. The van der Waals surface area contributed by atoms with Crippen LogP contribution in [0.4, 0.5) is 0 Å². The smallest absolute Gasteiger partial charge is 0.115 e. The average molecular weight is 332 g/mol. The van der Waals surface area contributed by atoms with Crippen molar-refractivity contribution in [3.8, 4) is 5.75 Å². The number of phenols is 1. The molecule has 3 N–H and O–H groups in total. The molecule has 4 heteroatoms. The maximum atomic E-state index is 10.2. The molecule has 0 heterocycles. The number of aliphatic hydroxyl groups excluding tert-OH is 1. The van der Waals surface area contributed by atoms with Gasteiger partial charge in [-0.05, 0) is 72.7 Å². The molecule has 23 heavy (non-hydrogen) atoms. The fourth-order valence-electron chi connectivity index (χ4n) is 3.25. The Morgan fingerprint density at radius 3 is 2.87 bits per heavy atom. The number of aryl methyl sites for hydroxylation is 1. The van der Waals surface area contributed by atoms with Gasteiger partial charge in [0, 0.05) is 11.6 Å². The van der Waals surface area contributed by atoms with Gasteiger partial charge >= 0.3 is 0 Å². The van der Waals surface area contributed by atoms with Crippen LogP contribution in [0.1, 0.15) is 29.2 Å². The lowest BCUT2D eigenvalue weighted by atomic mass is 9.84. The van der Waals surface area contributed by atoms with Crippen molar-refractivity contribution < 1.29 is 10.2 Å². The zero-order chi connectivity index (χ0) is 16.2. The van der Waals surface area contributed by atoms with Crippen molar-refractivity contribution in [3.05, 3.63) is 64.2 Å². The molecule has 1 aliphatic rings. The zero-order valence-electron chi connectivity index (χ0n) is 13.0. The Bertz CT molecular complexity index is 674. The summed E-state index contributed by atoms with van der Waals surface area (Å²) < 4.78 is 0. The van der Waals surface area contributed by atoms with Gasteiger partial charge in [-0.25, -0.2) is 0 Å². The fraction of sp³-hybridized carbons (Fsp3) is 0.368. The standard InChI is InChI=1S/C19H22ClNO2/c20-17-3-1-2-16(9-17)19(23)12-21-11-13-4-5-15-10-18(22)7-6-14(15)8-13/h1-3,6-7,9-10,13,19,21-23H,4-5,8,11-12H2/t13?,19-/m0/s1. The van der Waals surface area contributed by atoms with Gasteiger partial charge in [-0.3, -0.25) is 0 Å². The summed E-state index contributed by atoms with van der Waals surface area (Å²) >= 11 is 5.95. The first-order chi connectivity index (χ1) is 11.1. The summed E-state index contributed by atoms with van der Waals surface area (Å²) in [6, 6.07) is 13.0. The molecule has 0 bridgehead atoms. The normalized spacial score (nSPS) is 18.4. The van der Waals surface area contributed by atoms with E-state index >= 15 is 0 Å². The molecule has 0 amide bonds. The highest BCUT2D eigenvalue weighted by molar-refractivity contribution is 6.30. The van der Waals surface area contributed by atoms with Crippen LogP contribution in [0.3, 0.4) is 0 Å². The van der Waals surface area contributed by atoms with E-state index in [9.17, 15) is 10.2 Å². The van der Waals surface area contributed by atoms with Crippen molar-refractivity contribution in [2.45, 2.75) is 25.4 Å². The van der Waals surface area contributed by atoms with E-state index in [0.717, 1.165) is 31.4 Å². The predicted octanol–water partition coefficient (Wildman–Crippen LogP) is 3.47. The monoisotopic (exact) mass is 331 g/mol. The van der Waals surface area contributed by atoms with E-state index in [-0.39, 0.29) is 0 Å². The molecular formula is C19H22ClNO2. The highest BCUT2D eigenvalue weighted by atomic mass is 35.5. The number of rotatable bonds is 5. The predicted molar refractivity (Wildman–Crippen MR) is 92.9 cm³/mol. The van der Waals surface area contributed by atoms with Crippen LogP contribution >= 0.6 is 11.6 Å². The summed E-state index contributed by atoms with van der Waals surface area (Å²) in [6.07, 6.45) is 2.60. The molecule has 2 aromatic carbocycles. The lowest BCUT2D eigenvalue weighted by Crippen LogP contribution is -2.30. The van der Waals surface area contributed by atoms with Gasteiger partial charge in [-0.15, -0.1) is 0 Å². The second kappa shape index (κ2) is 7.35. The summed E-state index contributed by atoms with van der Waals surface area (Å²) in [5.41, 5.74) is 3.44. The third kappa shape index (κ3) is 4.25. The Morgan fingerprint density at radius 1 is 1.17 bits per heavy atom. The molecule has 1 unspecified atom stereocenters. The highest BCUT2D eigenvalue weighted by Crippen LogP contribution is 2.28. The highest BCUT2D eigenvalue weighted by Gasteiger charge is 2.19. The first-order valence-electron chi connectivity index (χ1n) is 8.07. The minimum atomic E-state index is -0.540. The number of aromatic hydroxyl groups is 1. The van der Waals surface area contributed by atoms with Crippen LogP contribution in [0, 0.1) is 5.92 Å². The van der Waals surface area contributed by atoms with E-state index in [2.05, 4.69) is 5.32 Å². The van der Waals surface area contributed by atoms with Gasteiger partial charge in [0.05, 0.1) is 6.10 Å². The molecule has 2 aromatic rings. The molecule has 0 spiro atoms. The molecule has 3 rings (SSSR count). The fourth-order valence-corrected chi connectivity index (χ4v) is 3.45. The molecule has 0 fully saturated rings. The van der Waals surface area contributed by atoms with Gasteiger partial charge < -0.3 is 15.5 Å². The number of aliphatic hydroxyl groups is 1. The third-order valence-electron chi connectivity index (χ3n) is 4.52. The van der Waals surface area contributed by atoms with Crippen molar-refractivity contribution in [2.75, 3.05) is 13.1 Å². The minimum absolute atomic E-state index is 0.352. The maximum Gasteiger partial charge on any atom is 0.115 e. The quantitative estimate of drug-likeness (QED) is 0.786. The summed E-state index contributed by atoms with van der Waals surface area (Å²) in [5, 5.41) is 23.8. The SMILES string of the molecule is Oc1ccc2c(c1)CCC(CNC[C@H](O)c1cccc(Cl)c1)C2. The lowest BCUT2D eigenvalue weighted by Gasteiger charge is -2.25. The lowest BCUT2D eigenvalue weighted by molar-refractivity contribution is 0.172. The van der Waals surface area contributed by atoms with E-state index in [1.807, 2.05) is 30.3 Å². The third-order valence-corrected chi connectivity index (χ3v) is 4.76. The number of benzene rings is 2. The van der Waals surface area contributed by atoms with Gasteiger partial charge in [0.1, 0.15) is 5.75 Å². The summed E-state index contributed by atoms with van der Waals surface area (Å²) in [4.78, 5) is 0. The second-order valence-electron chi connectivity index (χ2n) is 6.29. The Morgan fingerprint density at radius 2 is 2.04 bits per heavy atom. The van der Waals surface area contributed by atoms with Crippen LogP contribution in [0.2, 0.25) is 5.02 Å². The van der Waals surface area contributed by atoms with Crippen LogP contribution in [-0.2, 0) is 12.8 Å². The van der Waals surface area contributed by atoms with Gasteiger partial charge in [0.15, 0.2) is 0 Å². The molecule has 2 atom stereocenters. The Hall–Kier alpha value is -1.55. The molecule has 122 valence electrons. The average Bonchev–Trinajstić information content (AvgIpc) is 2.55. The van der Waals surface area contributed by atoms with Crippen molar-refractivity contribution in [3.63, 3.8) is 0 Å². The Kier molecular flexibility index (Phi) is 5.21. The molecule has 1 aliphatic carbocycles. The number of phenolic OH excluding ortho intramolecular Hbond substituents is 1. The Balaban J connectivity index is 1.49. The van der Waals surface area contributed by atoms with Crippen molar-refractivity contribution in [2.24, 2.45) is 5.92 Å². The zero-order valence-corrected chi connectivity index (χ0v) is 13.8. The van der Waals surface area contributed by atoms with Crippen LogP contribution in [0.5, 0.6) is 5.75 Å². The largest absolute Gasteiger partial charge is 0.508 e. The summed E-state index contributed by atoms with van der Waals surface area (Å²) in [7, 11) is 0. The van der Waals surface area contributed by atoms with Crippen LogP contribution in [-0.4, -0.2) is 23.3 Å². The number of halogens is 1. The molecule has 0 radical (unpaired) electrons. The van der Waals surface area contributed by atoms with Crippen molar-refractivity contribution in [1.29, 1.82) is 0 Å². The first kappa shape index (κ1) is 16.3. The number of fused-ring (bicyclic) bond motifs is 1. The van der Waals surface area contributed by atoms with Crippen molar-refractivity contribution >= 4 is 11.6 Å². The second-order valence-corrected chi connectivity index (χ2v) is 6.73. The molecule has 3 nitrogen and oxygen atoms in total. The van der Waals surface area contributed by atoms with Crippen molar-refractivity contribution in [1.82, 2.24) is 5.32 Å². The van der Waals surface area contributed by atoms with Crippen LogP contribution in [0.25, 0.3) is 0 Å². The van der Waals surface area contributed by atoms with E-state index in [1.165, 1.54) is 11.1 Å². The van der Waals surface area contributed by atoms with E-state index in [1.54, 1.807) is 12.1 Å². The topological polar surface area (TPSA) is 52.5 Å². The Labute approximate surface area is 141 Å². The molecule has 0 aromatic heterocycles. The maximum absolute atomic E-state index is 10.2. The van der Waals surface area contributed by atoms with Gasteiger partial charge in [0.2, 0.25) is 0 Å². The van der Waals surface area contributed by atoms with E-state index in [4.69, 9.17) is 11.6 Å². The van der Waals surface area contributed by atoms with Gasteiger partial charge in [-0.2, -0.15) is 0 Å². The molecule has 0 aliphatic heterocycles. The van der Waals surface area contributed by atoms with E-state index < -0.39 is 6.10 Å². The first-order valence-corrected chi connectivity index (χ1v) is 8.44. The molecular weight excluding hydrogens is 310 g/mol. The molecule has 0 saturated carbocycles. The van der Waals surface area contributed by atoms with E-state index in [0.29, 0.717) is 23.2 Å².